The van der Waals surface area contributed by atoms with Crippen molar-refractivity contribution in [1.29, 1.82) is 0 Å². The number of rotatable bonds is 6. The Kier molecular flexibility index (Phi) is 4.38. The van der Waals surface area contributed by atoms with Gasteiger partial charge in [-0.2, -0.15) is 4.98 Å². The largest absolute Gasteiger partial charge is 0.454 e. The predicted molar refractivity (Wildman–Crippen MR) is 102 cm³/mol. The SMILES string of the molecule is C=CCNc1cc(-c2ccccc2)nc(Nc2ccc3c(c2)OCO3)n1. The Morgan fingerprint density at radius 1 is 1.00 bits per heavy atom. The maximum absolute atomic E-state index is 5.42. The normalized spacial score (nSPS) is 11.8. The van der Waals surface area contributed by atoms with Crippen molar-refractivity contribution in [2.24, 2.45) is 0 Å². The van der Waals surface area contributed by atoms with E-state index in [4.69, 9.17) is 9.47 Å². The molecule has 2 aromatic carbocycles. The first-order valence-corrected chi connectivity index (χ1v) is 8.28. The molecular weight excluding hydrogens is 328 g/mol. The highest BCUT2D eigenvalue weighted by Crippen LogP contribution is 2.35. The maximum atomic E-state index is 5.42. The average Bonchev–Trinajstić information content (AvgIpc) is 3.15. The van der Waals surface area contributed by atoms with Crippen LogP contribution in [0.15, 0.2) is 67.3 Å². The fourth-order valence-corrected chi connectivity index (χ4v) is 2.63. The summed E-state index contributed by atoms with van der Waals surface area (Å²) in [5.41, 5.74) is 2.68. The van der Waals surface area contributed by atoms with Gasteiger partial charge in [0.25, 0.3) is 0 Å². The lowest BCUT2D eigenvalue weighted by atomic mass is 10.1. The van der Waals surface area contributed by atoms with Gasteiger partial charge in [0.2, 0.25) is 12.7 Å². The van der Waals surface area contributed by atoms with Crippen molar-refractivity contribution in [3.05, 3.63) is 67.3 Å². The van der Waals surface area contributed by atoms with Gasteiger partial charge in [0, 0.05) is 29.9 Å². The molecule has 4 rings (SSSR count). The number of nitrogens with zero attached hydrogens (tertiary/aromatic N) is 2. The van der Waals surface area contributed by atoms with E-state index in [0.717, 1.165) is 28.5 Å². The molecule has 6 nitrogen and oxygen atoms in total. The van der Waals surface area contributed by atoms with E-state index in [1.54, 1.807) is 6.08 Å². The number of benzene rings is 2. The van der Waals surface area contributed by atoms with Gasteiger partial charge in [-0.1, -0.05) is 36.4 Å². The molecule has 0 saturated heterocycles. The minimum Gasteiger partial charge on any atom is -0.454 e. The average molecular weight is 346 g/mol. The maximum Gasteiger partial charge on any atom is 0.231 e. The molecule has 2 N–H and O–H groups in total. The lowest BCUT2D eigenvalue weighted by molar-refractivity contribution is 0.174. The zero-order valence-corrected chi connectivity index (χ0v) is 14.1. The molecule has 26 heavy (non-hydrogen) atoms. The molecule has 0 aliphatic carbocycles. The molecule has 0 amide bonds. The molecule has 0 unspecified atom stereocenters. The molecular formula is C20H18N4O2. The summed E-state index contributed by atoms with van der Waals surface area (Å²) in [6.45, 7) is 4.60. The lowest BCUT2D eigenvalue weighted by Gasteiger charge is -2.11. The van der Waals surface area contributed by atoms with Crippen LogP contribution < -0.4 is 20.1 Å². The molecule has 0 fully saturated rings. The molecule has 0 bridgehead atoms. The Hall–Kier alpha value is -3.54. The molecule has 0 atom stereocenters. The van der Waals surface area contributed by atoms with Gasteiger partial charge in [0.15, 0.2) is 11.5 Å². The third-order valence-corrected chi connectivity index (χ3v) is 3.85. The minimum absolute atomic E-state index is 0.244. The molecule has 130 valence electrons. The fraction of sp³-hybridized carbons (Fsp3) is 0.100. The zero-order chi connectivity index (χ0) is 17.8. The van der Waals surface area contributed by atoms with Crippen LogP contribution in [-0.2, 0) is 0 Å². The molecule has 6 heteroatoms. The van der Waals surface area contributed by atoms with E-state index >= 15 is 0 Å². The van der Waals surface area contributed by atoms with E-state index in [-0.39, 0.29) is 6.79 Å². The van der Waals surface area contributed by atoms with E-state index in [2.05, 4.69) is 27.2 Å². The number of aromatic nitrogens is 2. The van der Waals surface area contributed by atoms with Crippen molar-refractivity contribution >= 4 is 17.5 Å². The number of ether oxygens (including phenoxy) is 2. The van der Waals surface area contributed by atoms with Crippen LogP contribution in [0.1, 0.15) is 0 Å². The van der Waals surface area contributed by atoms with E-state index in [0.29, 0.717) is 18.2 Å². The van der Waals surface area contributed by atoms with Gasteiger partial charge in [0.1, 0.15) is 5.82 Å². The van der Waals surface area contributed by atoms with Crippen LogP contribution in [0, 0.1) is 0 Å². The molecule has 1 aliphatic rings. The lowest BCUT2D eigenvalue weighted by Crippen LogP contribution is -2.05. The van der Waals surface area contributed by atoms with Crippen molar-refractivity contribution in [2.75, 3.05) is 24.0 Å². The summed E-state index contributed by atoms with van der Waals surface area (Å²) in [5, 5.41) is 6.46. The Bertz CT molecular complexity index is 928. The van der Waals surface area contributed by atoms with E-state index in [1.807, 2.05) is 54.6 Å². The van der Waals surface area contributed by atoms with Gasteiger partial charge in [-0.15, -0.1) is 6.58 Å². The van der Waals surface area contributed by atoms with Crippen LogP contribution in [0.25, 0.3) is 11.3 Å². The first-order valence-electron chi connectivity index (χ1n) is 8.28. The molecule has 2 heterocycles. The Balaban J connectivity index is 1.66. The molecule has 3 aromatic rings. The smallest absolute Gasteiger partial charge is 0.231 e. The van der Waals surface area contributed by atoms with E-state index < -0.39 is 0 Å². The Morgan fingerprint density at radius 3 is 2.69 bits per heavy atom. The van der Waals surface area contributed by atoms with Gasteiger partial charge in [-0.25, -0.2) is 4.98 Å². The highest BCUT2D eigenvalue weighted by Gasteiger charge is 2.14. The number of hydrogen-bond acceptors (Lipinski definition) is 6. The van der Waals surface area contributed by atoms with Crippen LogP contribution in [-0.4, -0.2) is 23.3 Å². The number of hydrogen-bond donors (Lipinski definition) is 2. The predicted octanol–water partition coefficient (Wildman–Crippen LogP) is 4.21. The molecule has 0 radical (unpaired) electrons. The number of fused-ring (bicyclic) bond motifs is 1. The second kappa shape index (κ2) is 7.14. The van der Waals surface area contributed by atoms with Crippen LogP contribution in [0.5, 0.6) is 11.5 Å². The summed E-state index contributed by atoms with van der Waals surface area (Å²) in [7, 11) is 0. The Morgan fingerprint density at radius 2 is 1.85 bits per heavy atom. The highest BCUT2D eigenvalue weighted by atomic mass is 16.7. The minimum atomic E-state index is 0.244. The second-order valence-electron chi connectivity index (χ2n) is 5.69. The molecule has 0 saturated carbocycles. The van der Waals surface area contributed by atoms with Crippen molar-refractivity contribution < 1.29 is 9.47 Å². The number of anilines is 3. The van der Waals surface area contributed by atoms with Gasteiger partial charge in [0.05, 0.1) is 5.69 Å². The van der Waals surface area contributed by atoms with Crippen molar-refractivity contribution in [3.8, 4) is 22.8 Å². The quantitative estimate of drug-likeness (QED) is 0.652. The first-order chi connectivity index (χ1) is 12.8. The fourth-order valence-electron chi connectivity index (χ4n) is 2.63. The van der Waals surface area contributed by atoms with Crippen molar-refractivity contribution in [2.45, 2.75) is 0 Å². The van der Waals surface area contributed by atoms with Crippen LogP contribution >= 0.6 is 0 Å². The van der Waals surface area contributed by atoms with Crippen LogP contribution in [0.3, 0.4) is 0 Å². The van der Waals surface area contributed by atoms with Crippen LogP contribution in [0.2, 0.25) is 0 Å². The third-order valence-electron chi connectivity index (χ3n) is 3.85. The third kappa shape index (κ3) is 3.44. The van der Waals surface area contributed by atoms with E-state index in [1.165, 1.54) is 0 Å². The first kappa shape index (κ1) is 16.0. The van der Waals surface area contributed by atoms with Crippen LogP contribution in [0.4, 0.5) is 17.5 Å². The molecule has 0 spiro atoms. The zero-order valence-electron chi connectivity index (χ0n) is 14.1. The molecule has 1 aromatic heterocycles. The second-order valence-corrected chi connectivity index (χ2v) is 5.69. The van der Waals surface area contributed by atoms with Gasteiger partial charge in [-0.05, 0) is 12.1 Å². The molecule has 1 aliphatic heterocycles. The van der Waals surface area contributed by atoms with Gasteiger partial charge in [-0.3, -0.25) is 0 Å². The highest BCUT2D eigenvalue weighted by molar-refractivity contribution is 5.67. The topological polar surface area (TPSA) is 68.3 Å². The Labute approximate surface area is 151 Å². The van der Waals surface area contributed by atoms with Gasteiger partial charge >= 0.3 is 0 Å². The van der Waals surface area contributed by atoms with Gasteiger partial charge < -0.3 is 20.1 Å². The van der Waals surface area contributed by atoms with Crippen molar-refractivity contribution in [3.63, 3.8) is 0 Å². The summed E-state index contributed by atoms with van der Waals surface area (Å²) in [6.07, 6.45) is 1.79. The standard InChI is InChI=1S/C20H18N4O2/c1-2-10-21-19-12-16(14-6-4-3-5-7-14)23-20(24-19)22-15-8-9-17-18(11-15)26-13-25-17/h2-9,11-12H,1,10,13H2,(H2,21,22,23,24). The van der Waals surface area contributed by atoms with Crippen molar-refractivity contribution in [1.82, 2.24) is 9.97 Å². The summed E-state index contributed by atoms with van der Waals surface area (Å²) in [6, 6.07) is 17.5. The number of nitrogens with one attached hydrogen (secondary N) is 2. The van der Waals surface area contributed by atoms with E-state index in [9.17, 15) is 0 Å². The summed E-state index contributed by atoms with van der Waals surface area (Å²) >= 11 is 0. The summed E-state index contributed by atoms with van der Waals surface area (Å²) in [5.74, 6) is 2.67. The summed E-state index contributed by atoms with van der Waals surface area (Å²) < 4.78 is 10.8. The monoisotopic (exact) mass is 346 g/mol. The summed E-state index contributed by atoms with van der Waals surface area (Å²) in [4.78, 5) is 9.17.